The summed E-state index contributed by atoms with van der Waals surface area (Å²) >= 11 is 0. The van der Waals surface area contributed by atoms with E-state index >= 15 is 0 Å². The van der Waals surface area contributed by atoms with Crippen molar-refractivity contribution in [2.75, 3.05) is 18.1 Å². The first kappa shape index (κ1) is 14.8. The maximum absolute atomic E-state index is 11.8. The van der Waals surface area contributed by atoms with Crippen LogP contribution in [0.3, 0.4) is 0 Å². The van der Waals surface area contributed by atoms with Crippen LogP contribution in [0.2, 0.25) is 0 Å². The van der Waals surface area contributed by atoms with Gasteiger partial charge in [0.2, 0.25) is 5.50 Å². The highest BCUT2D eigenvalue weighted by Crippen LogP contribution is 2.26. The van der Waals surface area contributed by atoms with Gasteiger partial charge in [-0.15, -0.1) is 0 Å². The van der Waals surface area contributed by atoms with E-state index in [1.807, 2.05) is 13.8 Å². The third-order valence-corrected chi connectivity index (χ3v) is 3.80. The molecule has 1 aromatic heterocycles. The SMILES string of the molecule is CC(C)OCCN1c2cc[nH]c2C(=O)NC1S(=O)(=O)O. The van der Waals surface area contributed by atoms with Crippen molar-refractivity contribution in [2.24, 2.45) is 0 Å². The topological polar surface area (TPSA) is 112 Å². The molecule has 0 spiro atoms. The van der Waals surface area contributed by atoms with E-state index in [1.54, 1.807) is 6.07 Å². The van der Waals surface area contributed by atoms with E-state index in [1.165, 1.54) is 11.1 Å². The summed E-state index contributed by atoms with van der Waals surface area (Å²) in [6, 6.07) is 1.58. The predicted molar refractivity (Wildman–Crippen MR) is 72.0 cm³/mol. The van der Waals surface area contributed by atoms with Crippen LogP contribution >= 0.6 is 0 Å². The van der Waals surface area contributed by atoms with E-state index in [0.29, 0.717) is 5.69 Å². The number of fused-ring (bicyclic) bond motifs is 1. The molecule has 1 aliphatic heterocycles. The van der Waals surface area contributed by atoms with Crippen LogP contribution in [-0.2, 0) is 14.9 Å². The first-order valence-electron chi connectivity index (χ1n) is 6.13. The van der Waals surface area contributed by atoms with Crippen LogP contribution in [0.25, 0.3) is 0 Å². The van der Waals surface area contributed by atoms with Gasteiger partial charge in [-0.2, -0.15) is 8.42 Å². The largest absolute Gasteiger partial charge is 0.377 e. The summed E-state index contributed by atoms with van der Waals surface area (Å²) < 4.78 is 37.5. The number of rotatable bonds is 5. The van der Waals surface area contributed by atoms with Crippen LogP contribution in [0.4, 0.5) is 5.69 Å². The lowest BCUT2D eigenvalue weighted by atomic mass is 10.2. The second kappa shape index (κ2) is 5.43. The molecular weight excluding hydrogens is 286 g/mol. The molecule has 2 rings (SSSR count). The number of ether oxygens (including phenoxy) is 1. The number of aromatic nitrogens is 1. The minimum atomic E-state index is -4.45. The van der Waals surface area contributed by atoms with Crippen LogP contribution in [0, 0.1) is 0 Å². The van der Waals surface area contributed by atoms with Gasteiger partial charge in [-0.05, 0) is 19.9 Å². The van der Waals surface area contributed by atoms with E-state index in [2.05, 4.69) is 10.3 Å². The Kier molecular flexibility index (Phi) is 4.02. The van der Waals surface area contributed by atoms with Gasteiger partial charge in [-0.25, -0.2) is 0 Å². The second-order valence-corrected chi connectivity index (χ2v) is 6.17. The lowest BCUT2D eigenvalue weighted by molar-refractivity contribution is 0.0814. The molecule has 1 aromatic rings. The molecular formula is C11H17N3O5S. The van der Waals surface area contributed by atoms with Gasteiger partial charge >= 0.3 is 10.1 Å². The molecule has 1 amide bonds. The van der Waals surface area contributed by atoms with E-state index in [4.69, 9.17) is 4.74 Å². The van der Waals surface area contributed by atoms with E-state index < -0.39 is 21.5 Å². The van der Waals surface area contributed by atoms with Crippen molar-refractivity contribution in [2.45, 2.75) is 25.4 Å². The number of nitrogens with one attached hydrogen (secondary N) is 2. The van der Waals surface area contributed by atoms with Gasteiger partial charge in [0.25, 0.3) is 5.91 Å². The van der Waals surface area contributed by atoms with Gasteiger partial charge < -0.3 is 19.9 Å². The van der Waals surface area contributed by atoms with Gasteiger partial charge in [0.1, 0.15) is 5.69 Å². The normalized spacial score (nSPS) is 19.1. The number of hydrogen-bond donors (Lipinski definition) is 3. The number of amides is 1. The van der Waals surface area contributed by atoms with Gasteiger partial charge in [-0.3, -0.25) is 9.35 Å². The smallest absolute Gasteiger partial charge is 0.306 e. The standard InChI is InChI=1S/C11H17N3O5S/c1-7(2)19-6-5-14-8-3-4-12-9(8)10(15)13-11(14)20(16,17)18/h3-4,7,11-12H,5-6H2,1-2H3,(H,13,15)(H,16,17,18). The van der Waals surface area contributed by atoms with Crippen molar-refractivity contribution in [3.05, 3.63) is 18.0 Å². The third-order valence-electron chi connectivity index (χ3n) is 2.86. The molecule has 8 nitrogen and oxygen atoms in total. The lowest BCUT2D eigenvalue weighted by Crippen LogP contribution is -2.57. The fourth-order valence-electron chi connectivity index (χ4n) is 2.03. The first-order chi connectivity index (χ1) is 9.30. The highest BCUT2D eigenvalue weighted by molar-refractivity contribution is 7.86. The molecule has 0 radical (unpaired) electrons. The van der Waals surface area contributed by atoms with Crippen LogP contribution in [0.5, 0.6) is 0 Å². The summed E-state index contributed by atoms with van der Waals surface area (Å²) in [5, 5.41) is 2.25. The van der Waals surface area contributed by atoms with Crippen LogP contribution in [-0.4, -0.2) is 48.6 Å². The van der Waals surface area contributed by atoms with Crippen molar-refractivity contribution < 1.29 is 22.5 Å². The molecule has 0 saturated heterocycles. The van der Waals surface area contributed by atoms with E-state index in [-0.39, 0.29) is 24.9 Å². The summed E-state index contributed by atoms with van der Waals surface area (Å²) in [4.78, 5) is 15.9. The van der Waals surface area contributed by atoms with Crippen LogP contribution in [0.1, 0.15) is 24.3 Å². The fraction of sp³-hybridized carbons (Fsp3) is 0.545. The first-order valence-corrected chi connectivity index (χ1v) is 7.64. The van der Waals surface area contributed by atoms with E-state index in [9.17, 15) is 17.8 Å². The minimum absolute atomic E-state index is 0.00394. The minimum Gasteiger partial charge on any atom is -0.377 e. The molecule has 0 aliphatic carbocycles. The van der Waals surface area contributed by atoms with Gasteiger partial charge in [-0.1, -0.05) is 0 Å². The summed E-state index contributed by atoms with van der Waals surface area (Å²) in [6.07, 6.45) is 1.54. The Hall–Kier alpha value is -1.58. The molecule has 1 atom stereocenters. The summed E-state index contributed by atoms with van der Waals surface area (Å²) in [5.41, 5.74) is -0.827. The number of aromatic amines is 1. The van der Waals surface area contributed by atoms with Crippen LogP contribution < -0.4 is 10.2 Å². The van der Waals surface area contributed by atoms with Crippen molar-refractivity contribution in [3.8, 4) is 0 Å². The Morgan fingerprint density at radius 3 is 2.80 bits per heavy atom. The average Bonchev–Trinajstić information content (AvgIpc) is 2.79. The molecule has 0 aromatic carbocycles. The highest BCUT2D eigenvalue weighted by atomic mass is 32.2. The third kappa shape index (κ3) is 2.94. The predicted octanol–water partition coefficient (Wildman–Crippen LogP) is 0.161. The zero-order valence-electron chi connectivity index (χ0n) is 11.2. The number of H-pyrrole nitrogens is 1. The zero-order valence-corrected chi connectivity index (χ0v) is 12.0. The van der Waals surface area contributed by atoms with Crippen molar-refractivity contribution in [1.29, 1.82) is 0 Å². The van der Waals surface area contributed by atoms with Crippen molar-refractivity contribution in [1.82, 2.24) is 10.3 Å². The van der Waals surface area contributed by atoms with Crippen molar-refractivity contribution in [3.63, 3.8) is 0 Å². The monoisotopic (exact) mass is 303 g/mol. The maximum Gasteiger partial charge on any atom is 0.306 e. The van der Waals surface area contributed by atoms with E-state index in [0.717, 1.165) is 0 Å². The molecule has 1 aliphatic rings. The van der Waals surface area contributed by atoms with Gasteiger partial charge in [0.15, 0.2) is 0 Å². The molecule has 2 heterocycles. The number of nitrogens with zero attached hydrogens (tertiary/aromatic N) is 1. The zero-order chi connectivity index (χ0) is 14.9. The number of anilines is 1. The van der Waals surface area contributed by atoms with Crippen molar-refractivity contribution >= 4 is 21.7 Å². The molecule has 3 N–H and O–H groups in total. The number of carbonyl (C=O) groups is 1. The maximum atomic E-state index is 11.8. The highest BCUT2D eigenvalue weighted by Gasteiger charge is 2.38. The Labute approximate surface area is 116 Å². The lowest BCUT2D eigenvalue weighted by Gasteiger charge is -2.35. The Morgan fingerprint density at radius 2 is 2.20 bits per heavy atom. The molecule has 0 saturated carbocycles. The fourth-order valence-corrected chi connectivity index (χ4v) is 2.83. The summed E-state index contributed by atoms with van der Waals surface area (Å²) in [6.45, 7) is 4.21. The molecule has 1 unspecified atom stereocenters. The van der Waals surface area contributed by atoms with Gasteiger partial charge in [0, 0.05) is 12.7 Å². The molecule has 20 heavy (non-hydrogen) atoms. The molecule has 0 fully saturated rings. The second-order valence-electron chi connectivity index (χ2n) is 4.69. The average molecular weight is 303 g/mol. The molecule has 9 heteroatoms. The quantitative estimate of drug-likeness (QED) is 0.668. The molecule has 112 valence electrons. The van der Waals surface area contributed by atoms with Gasteiger partial charge in [0.05, 0.1) is 18.4 Å². The van der Waals surface area contributed by atoms with Crippen LogP contribution in [0.15, 0.2) is 12.3 Å². The Balaban J connectivity index is 2.27. The summed E-state index contributed by atoms with van der Waals surface area (Å²) in [5.74, 6) is -0.575. The number of carbonyl (C=O) groups excluding carboxylic acids is 1. The Bertz CT molecular complexity index is 595. The summed E-state index contributed by atoms with van der Waals surface area (Å²) in [7, 11) is -4.45. The Morgan fingerprint density at radius 1 is 1.50 bits per heavy atom. The molecule has 0 bridgehead atoms. The number of hydrogen-bond acceptors (Lipinski definition) is 5.